The van der Waals surface area contributed by atoms with Gasteiger partial charge in [0.1, 0.15) is 17.3 Å². The predicted molar refractivity (Wildman–Crippen MR) is 170 cm³/mol. The number of nitrogens with one attached hydrogen (secondary N) is 2. The van der Waals surface area contributed by atoms with Gasteiger partial charge in [-0.1, -0.05) is 36.4 Å². The number of hydrogen-bond donors (Lipinski definition) is 3. The molecule has 0 spiro atoms. The lowest BCUT2D eigenvalue weighted by Gasteiger charge is -2.25. The molecular weight excluding hydrogens is 581 g/mol. The van der Waals surface area contributed by atoms with E-state index in [-0.39, 0.29) is 29.6 Å². The Morgan fingerprint density at radius 2 is 1.93 bits per heavy atom. The lowest BCUT2D eigenvalue weighted by molar-refractivity contribution is -0.102. The van der Waals surface area contributed by atoms with Gasteiger partial charge >= 0.3 is 0 Å². The standard InChI is InChI=1S/C33H34FN5O4S/c1-19-8-6-10-24(34)29(19)37-31(40)27-17-21-14-15-38(26-12-5-4-9-23(26)30(21)44-27)32(41)25-11-7-13-28(36-25)39-18-22(16-20(39)2)35-33(42)43-3/h4-13,17,20,22,33,35,42H,14-16,18H2,1-3H3,(H,37,40)/t20-,22-,33?/m0/s1. The number of carbonyl (C=O) groups excluding carboxylic acids is 2. The number of para-hydroxylation sites is 2. The summed E-state index contributed by atoms with van der Waals surface area (Å²) < 4.78 is 19.3. The van der Waals surface area contributed by atoms with Crippen LogP contribution in [0.5, 0.6) is 0 Å². The van der Waals surface area contributed by atoms with E-state index in [1.807, 2.05) is 42.5 Å². The molecule has 0 bridgehead atoms. The second kappa shape index (κ2) is 12.4. The van der Waals surface area contributed by atoms with Gasteiger partial charge in [-0.25, -0.2) is 9.37 Å². The molecule has 228 valence electrons. The lowest BCUT2D eigenvalue weighted by atomic mass is 10.1. The molecule has 3 atom stereocenters. The van der Waals surface area contributed by atoms with Crippen molar-refractivity contribution < 1.29 is 23.8 Å². The number of benzene rings is 2. The molecule has 2 aromatic heterocycles. The largest absolute Gasteiger partial charge is 0.356 e. The molecule has 11 heteroatoms. The number of anilines is 3. The highest BCUT2D eigenvalue weighted by molar-refractivity contribution is 7.17. The van der Waals surface area contributed by atoms with Gasteiger partial charge in [0, 0.05) is 42.7 Å². The van der Waals surface area contributed by atoms with Crippen molar-refractivity contribution in [1.29, 1.82) is 0 Å². The van der Waals surface area contributed by atoms with Crippen LogP contribution in [0, 0.1) is 12.7 Å². The normalized spacial score (nSPS) is 18.4. The number of rotatable bonds is 7. The summed E-state index contributed by atoms with van der Waals surface area (Å²) in [4.78, 5) is 37.2. The van der Waals surface area contributed by atoms with E-state index in [2.05, 4.69) is 22.5 Å². The maximum Gasteiger partial charge on any atom is 0.276 e. The first-order valence-electron chi connectivity index (χ1n) is 14.5. The first-order chi connectivity index (χ1) is 21.2. The molecule has 2 aliphatic heterocycles. The van der Waals surface area contributed by atoms with Crippen molar-refractivity contribution in [3.05, 3.63) is 94.2 Å². The number of thiophene rings is 1. The van der Waals surface area contributed by atoms with Crippen molar-refractivity contribution in [2.24, 2.45) is 0 Å². The number of pyridine rings is 1. The number of ether oxygens (including phenoxy) is 1. The van der Waals surface area contributed by atoms with Crippen molar-refractivity contribution >= 4 is 40.3 Å². The number of aryl methyl sites for hydroxylation is 1. The van der Waals surface area contributed by atoms with Gasteiger partial charge in [-0.05, 0) is 68.1 Å². The Labute approximate surface area is 259 Å². The molecule has 4 aromatic rings. The Balaban J connectivity index is 1.25. The monoisotopic (exact) mass is 615 g/mol. The third-order valence-electron chi connectivity index (χ3n) is 8.21. The fraction of sp³-hybridized carbons (Fsp3) is 0.303. The highest BCUT2D eigenvalue weighted by Gasteiger charge is 2.32. The van der Waals surface area contributed by atoms with Crippen LogP contribution < -0.4 is 20.4 Å². The lowest BCUT2D eigenvalue weighted by Crippen LogP contribution is -2.41. The van der Waals surface area contributed by atoms with Crippen LogP contribution in [-0.2, 0) is 11.2 Å². The summed E-state index contributed by atoms with van der Waals surface area (Å²) in [6.07, 6.45) is 0.291. The van der Waals surface area contributed by atoms with Crippen LogP contribution in [0.3, 0.4) is 0 Å². The highest BCUT2D eigenvalue weighted by atomic mass is 32.1. The van der Waals surface area contributed by atoms with E-state index in [1.54, 1.807) is 30.0 Å². The van der Waals surface area contributed by atoms with Crippen LogP contribution >= 0.6 is 11.3 Å². The summed E-state index contributed by atoms with van der Waals surface area (Å²) >= 11 is 1.34. The molecule has 6 rings (SSSR count). The van der Waals surface area contributed by atoms with Crippen molar-refractivity contribution in [3.8, 4) is 10.4 Å². The van der Waals surface area contributed by atoms with Crippen LogP contribution in [0.15, 0.2) is 66.7 Å². The topological polar surface area (TPSA) is 107 Å². The maximum absolute atomic E-state index is 14.4. The van der Waals surface area contributed by atoms with E-state index in [0.29, 0.717) is 41.5 Å². The quantitative estimate of drug-likeness (QED) is 0.246. The van der Waals surface area contributed by atoms with Gasteiger partial charge in [0.25, 0.3) is 11.8 Å². The van der Waals surface area contributed by atoms with Crippen LogP contribution in [-0.4, -0.2) is 60.6 Å². The zero-order valence-corrected chi connectivity index (χ0v) is 25.5. The number of halogens is 1. The summed E-state index contributed by atoms with van der Waals surface area (Å²) in [6.45, 7) is 4.86. The summed E-state index contributed by atoms with van der Waals surface area (Å²) in [5, 5.41) is 15.6. The second-order valence-corrected chi connectivity index (χ2v) is 12.2. The minimum atomic E-state index is -1.04. The highest BCUT2D eigenvalue weighted by Crippen LogP contribution is 2.42. The predicted octanol–water partition coefficient (Wildman–Crippen LogP) is 5.19. The number of nitrogens with zero attached hydrogens (tertiary/aromatic N) is 3. The number of carbonyl (C=O) groups is 2. The Bertz CT molecular complexity index is 1690. The fourth-order valence-corrected chi connectivity index (χ4v) is 7.11. The van der Waals surface area contributed by atoms with Crippen molar-refractivity contribution in [2.45, 2.75) is 45.2 Å². The SMILES string of the molecule is COC(O)N[C@H]1C[C@H](C)N(c2cccc(C(=O)N3CCc4cc(C(=O)Nc5c(C)cccc5F)sc4-c4ccccc43)n2)C1. The van der Waals surface area contributed by atoms with Crippen LogP contribution in [0.25, 0.3) is 10.4 Å². The van der Waals surface area contributed by atoms with Gasteiger partial charge in [0.05, 0.1) is 16.3 Å². The Morgan fingerprint density at radius 3 is 2.73 bits per heavy atom. The molecule has 2 aromatic carbocycles. The minimum Gasteiger partial charge on any atom is -0.356 e. The number of methoxy groups -OCH3 is 1. The number of aliphatic hydroxyl groups excluding tert-OH is 1. The first kappa shape index (κ1) is 29.9. The number of aromatic nitrogens is 1. The fourth-order valence-electron chi connectivity index (χ4n) is 5.97. The van der Waals surface area contributed by atoms with E-state index < -0.39 is 12.2 Å². The molecular formula is C33H34FN5O4S. The van der Waals surface area contributed by atoms with Crippen LogP contribution in [0.1, 0.15) is 44.6 Å². The zero-order chi connectivity index (χ0) is 31.0. The van der Waals surface area contributed by atoms with E-state index >= 15 is 0 Å². The molecule has 0 aliphatic carbocycles. The molecule has 2 amide bonds. The first-order valence-corrected chi connectivity index (χ1v) is 15.4. The Hall–Kier alpha value is -4.16. The number of fused-ring (bicyclic) bond motifs is 3. The van der Waals surface area contributed by atoms with Gasteiger partial charge in [0.2, 0.25) is 6.41 Å². The molecule has 0 saturated carbocycles. The Kier molecular flexibility index (Phi) is 8.46. The number of aliphatic hydroxyl groups is 1. The molecule has 9 nitrogen and oxygen atoms in total. The van der Waals surface area contributed by atoms with E-state index in [4.69, 9.17) is 9.72 Å². The van der Waals surface area contributed by atoms with Gasteiger partial charge < -0.3 is 25.0 Å². The summed E-state index contributed by atoms with van der Waals surface area (Å²) in [5.74, 6) is -0.358. The van der Waals surface area contributed by atoms with Crippen molar-refractivity contribution in [1.82, 2.24) is 10.3 Å². The molecule has 44 heavy (non-hydrogen) atoms. The second-order valence-electron chi connectivity index (χ2n) is 11.1. The van der Waals surface area contributed by atoms with Crippen LogP contribution in [0.4, 0.5) is 21.6 Å². The molecule has 1 fully saturated rings. The van der Waals surface area contributed by atoms with Crippen molar-refractivity contribution in [3.63, 3.8) is 0 Å². The maximum atomic E-state index is 14.4. The number of hydrogen-bond acceptors (Lipinski definition) is 8. The van der Waals surface area contributed by atoms with Gasteiger partial charge in [-0.15, -0.1) is 11.3 Å². The van der Waals surface area contributed by atoms with E-state index in [1.165, 1.54) is 24.5 Å². The average Bonchev–Trinajstić information content (AvgIpc) is 3.58. The Morgan fingerprint density at radius 1 is 1.14 bits per heavy atom. The zero-order valence-electron chi connectivity index (χ0n) is 24.7. The summed E-state index contributed by atoms with van der Waals surface area (Å²) in [5.41, 5.74) is 3.72. The van der Waals surface area contributed by atoms with Crippen LogP contribution in [0.2, 0.25) is 0 Å². The third kappa shape index (κ3) is 5.83. The third-order valence-corrected chi connectivity index (χ3v) is 9.42. The smallest absolute Gasteiger partial charge is 0.276 e. The van der Waals surface area contributed by atoms with Crippen molar-refractivity contribution in [2.75, 3.05) is 35.3 Å². The molecule has 0 radical (unpaired) electrons. The minimum absolute atomic E-state index is 0.0142. The molecule has 1 saturated heterocycles. The van der Waals surface area contributed by atoms with Gasteiger partial charge in [0.15, 0.2) is 0 Å². The van der Waals surface area contributed by atoms with Gasteiger partial charge in [-0.3, -0.25) is 14.9 Å². The van der Waals surface area contributed by atoms with E-state index in [0.717, 1.165) is 28.1 Å². The van der Waals surface area contributed by atoms with Gasteiger partial charge in [-0.2, -0.15) is 0 Å². The molecule has 3 N–H and O–H groups in total. The number of amides is 2. The molecule has 1 unspecified atom stereocenters. The summed E-state index contributed by atoms with van der Waals surface area (Å²) in [6, 6.07) is 19.8. The molecule has 4 heterocycles. The molecule has 2 aliphatic rings. The van der Waals surface area contributed by atoms with E-state index in [9.17, 15) is 19.1 Å². The average molecular weight is 616 g/mol. The summed E-state index contributed by atoms with van der Waals surface area (Å²) in [7, 11) is 1.44.